The van der Waals surface area contributed by atoms with Gasteiger partial charge in [-0.15, -0.1) is 0 Å². The van der Waals surface area contributed by atoms with Gasteiger partial charge in [0, 0.05) is 81.1 Å². The molecule has 200 valence electrons. The third-order valence-corrected chi connectivity index (χ3v) is 11.6. The summed E-state index contributed by atoms with van der Waals surface area (Å²) in [7, 11) is 5.11. The van der Waals surface area contributed by atoms with Crippen LogP contribution in [0.1, 0.15) is 45.4 Å². The van der Waals surface area contributed by atoms with Gasteiger partial charge in [-0.1, -0.05) is 19.8 Å². The number of likely N-dealkylation sites (N-methyl/N-ethyl adjacent to an activating group) is 1. The second-order valence-electron chi connectivity index (χ2n) is 7.87. The number of ether oxygens (including phenoxy) is 2. The summed E-state index contributed by atoms with van der Waals surface area (Å²) in [5, 5.41) is 0. The number of unbranched alkanes of at least 4 members (excludes halogenated alkanes) is 4. The van der Waals surface area contributed by atoms with Crippen LogP contribution in [0.2, 0.25) is 12.1 Å². The van der Waals surface area contributed by atoms with Crippen LogP contribution in [0.3, 0.4) is 0 Å². The van der Waals surface area contributed by atoms with Crippen molar-refractivity contribution in [3.05, 3.63) is 0 Å². The minimum absolute atomic E-state index is 0.755. The fourth-order valence-electron chi connectivity index (χ4n) is 3.58. The third kappa shape index (κ3) is 14.9. The summed E-state index contributed by atoms with van der Waals surface area (Å²) >= 11 is 0. The van der Waals surface area contributed by atoms with Crippen molar-refractivity contribution < 1.29 is 36.0 Å². The van der Waals surface area contributed by atoms with E-state index in [4.69, 9.17) is 36.0 Å². The Bertz CT molecular complexity index is 377. The second-order valence-corrected chi connectivity index (χ2v) is 14.1. The zero-order chi connectivity index (χ0) is 24.8. The van der Waals surface area contributed by atoms with Crippen LogP contribution >= 0.6 is 0 Å². The zero-order valence-electron chi connectivity index (χ0n) is 22.3. The van der Waals surface area contributed by atoms with E-state index >= 15 is 0 Å². The van der Waals surface area contributed by atoms with Gasteiger partial charge in [0.25, 0.3) is 0 Å². The van der Waals surface area contributed by atoms with E-state index in [0.717, 1.165) is 96.7 Å². The van der Waals surface area contributed by atoms with Gasteiger partial charge in [-0.2, -0.15) is 0 Å². The molecule has 0 atom stereocenters. The molecule has 0 aliphatic carbocycles. The van der Waals surface area contributed by atoms with Gasteiger partial charge in [0.15, 0.2) is 0 Å². The first-order valence-electron chi connectivity index (χ1n) is 12.2. The summed E-state index contributed by atoms with van der Waals surface area (Å²) in [6.45, 7) is 8.13. The summed E-state index contributed by atoms with van der Waals surface area (Å²) in [5.41, 5.74) is 0. The molecule has 0 N–H and O–H groups in total. The molecule has 0 saturated heterocycles. The molecule has 0 aromatic rings. The Balaban J connectivity index is 3.65. The number of nitrogens with zero attached hydrogens (tertiary/aromatic N) is 1. The first-order valence-corrected chi connectivity index (χ1v) is 16.1. The molecular formula is C22H51NO8Si2. The van der Waals surface area contributed by atoms with Crippen molar-refractivity contribution in [3.8, 4) is 0 Å². The maximum atomic E-state index is 5.81. The molecule has 9 nitrogen and oxygen atoms in total. The van der Waals surface area contributed by atoms with Crippen LogP contribution < -0.4 is 0 Å². The van der Waals surface area contributed by atoms with Crippen LogP contribution in [0.25, 0.3) is 0 Å². The predicted molar refractivity (Wildman–Crippen MR) is 135 cm³/mol. The molecule has 0 aromatic heterocycles. The van der Waals surface area contributed by atoms with Crippen molar-refractivity contribution in [1.29, 1.82) is 0 Å². The molecule has 0 aromatic carbocycles. The maximum Gasteiger partial charge on any atom is 0.500 e. The van der Waals surface area contributed by atoms with Gasteiger partial charge in [0.05, 0.1) is 13.2 Å². The molecule has 0 radical (unpaired) electrons. The summed E-state index contributed by atoms with van der Waals surface area (Å²) in [6.07, 6.45) is 6.30. The summed E-state index contributed by atoms with van der Waals surface area (Å²) in [4.78, 5) is 2.37. The molecule has 0 heterocycles. The predicted octanol–water partition coefficient (Wildman–Crippen LogP) is 3.44. The molecule has 0 aliphatic heterocycles. The molecule has 0 unspecified atom stereocenters. The molecule has 0 amide bonds. The van der Waals surface area contributed by atoms with Gasteiger partial charge in [-0.3, -0.25) is 4.90 Å². The van der Waals surface area contributed by atoms with Crippen molar-refractivity contribution in [2.24, 2.45) is 0 Å². The first-order chi connectivity index (χ1) is 16.0. The summed E-state index contributed by atoms with van der Waals surface area (Å²) < 4.78 is 44.3. The van der Waals surface area contributed by atoms with E-state index in [9.17, 15) is 0 Å². The van der Waals surface area contributed by atoms with Gasteiger partial charge in [-0.25, -0.2) is 0 Å². The Kier molecular flexibility index (Phi) is 21.4. The van der Waals surface area contributed by atoms with E-state index < -0.39 is 17.6 Å². The fourth-order valence-corrected chi connectivity index (χ4v) is 7.17. The van der Waals surface area contributed by atoms with Crippen LogP contribution in [-0.4, -0.2) is 111 Å². The van der Waals surface area contributed by atoms with E-state index in [1.807, 2.05) is 0 Å². The lowest BCUT2D eigenvalue weighted by molar-refractivity contribution is 0.0737. The highest BCUT2D eigenvalue weighted by Gasteiger charge is 2.37. The zero-order valence-corrected chi connectivity index (χ0v) is 24.3. The Labute approximate surface area is 205 Å². The Morgan fingerprint density at radius 2 is 0.848 bits per heavy atom. The lowest BCUT2D eigenvalue weighted by atomic mass is 10.3. The van der Waals surface area contributed by atoms with Crippen molar-refractivity contribution in [3.63, 3.8) is 0 Å². The van der Waals surface area contributed by atoms with Crippen LogP contribution in [0.5, 0.6) is 0 Å². The normalized spacial score (nSPS) is 12.7. The van der Waals surface area contributed by atoms with Gasteiger partial charge < -0.3 is 36.0 Å². The molecule has 0 saturated carbocycles. The van der Waals surface area contributed by atoms with Gasteiger partial charge in [0.1, 0.15) is 0 Å². The summed E-state index contributed by atoms with van der Waals surface area (Å²) in [5.74, 6) is 0. The van der Waals surface area contributed by atoms with Crippen LogP contribution in [0.15, 0.2) is 0 Å². The molecular weight excluding hydrogens is 462 g/mol. The fraction of sp³-hybridized carbons (Fsp3) is 1.00. The van der Waals surface area contributed by atoms with Crippen LogP contribution in [0.4, 0.5) is 0 Å². The third-order valence-electron chi connectivity index (χ3n) is 5.96. The summed E-state index contributed by atoms with van der Waals surface area (Å²) in [6, 6.07) is 1.69. The average Bonchev–Trinajstić information content (AvgIpc) is 2.86. The largest absolute Gasteiger partial charge is 0.500 e. The Morgan fingerprint density at radius 3 is 1.15 bits per heavy atom. The lowest BCUT2D eigenvalue weighted by Crippen LogP contribution is -2.42. The van der Waals surface area contributed by atoms with Crippen LogP contribution in [0, 0.1) is 0 Å². The smallest absolute Gasteiger partial charge is 0.380 e. The highest BCUT2D eigenvalue weighted by Crippen LogP contribution is 2.18. The standard InChI is InChI=1S/C22H51NO8Si2/c1-8-23(15-19-30-17-11-9-13-21-32(24-2,25-3)26-4)16-20-31-18-12-10-14-22-33(27-5,28-6)29-7/h8-22H2,1-7H3. The average molecular weight is 514 g/mol. The molecule has 0 bridgehead atoms. The Morgan fingerprint density at radius 1 is 0.485 bits per heavy atom. The van der Waals surface area contributed by atoms with Crippen LogP contribution in [-0.2, 0) is 36.0 Å². The van der Waals surface area contributed by atoms with Gasteiger partial charge in [0.2, 0.25) is 0 Å². The van der Waals surface area contributed by atoms with E-state index in [1.165, 1.54) is 0 Å². The number of hydrogen-bond acceptors (Lipinski definition) is 9. The monoisotopic (exact) mass is 513 g/mol. The molecule has 11 heteroatoms. The quantitative estimate of drug-likeness (QED) is 0.135. The Hall–Kier alpha value is 0.0738. The molecule has 0 spiro atoms. The van der Waals surface area contributed by atoms with Crippen molar-refractivity contribution in [2.75, 3.05) is 88.7 Å². The van der Waals surface area contributed by atoms with Crippen molar-refractivity contribution in [1.82, 2.24) is 4.90 Å². The van der Waals surface area contributed by atoms with Gasteiger partial charge in [-0.05, 0) is 32.2 Å². The maximum absolute atomic E-state index is 5.81. The highest BCUT2D eigenvalue weighted by atomic mass is 28.4. The lowest BCUT2D eigenvalue weighted by Gasteiger charge is -2.24. The van der Waals surface area contributed by atoms with Crippen molar-refractivity contribution >= 4 is 17.6 Å². The molecule has 0 rings (SSSR count). The second kappa shape index (κ2) is 21.4. The molecule has 33 heavy (non-hydrogen) atoms. The number of rotatable bonds is 25. The molecule has 0 aliphatic rings. The van der Waals surface area contributed by atoms with E-state index in [2.05, 4.69) is 11.8 Å². The highest BCUT2D eigenvalue weighted by molar-refractivity contribution is 6.60. The number of hydrogen-bond donors (Lipinski definition) is 0. The van der Waals surface area contributed by atoms with E-state index in [-0.39, 0.29) is 0 Å². The minimum atomic E-state index is -2.42. The van der Waals surface area contributed by atoms with E-state index in [1.54, 1.807) is 42.7 Å². The van der Waals surface area contributed by atoms with Gasteiger partial charge >= 0.3 is 17.6 Å². The SMILES string of the molecule is CCN(CCOCCCCC[Si](OC)(OC)OC)CCOCCCCC[Si](OC)(OC)OC. The first kappa shape index (κ1) is 33.1. The minimum Gasteiger partial charge on any atom is -0.380 e. The molecule has 0 fully saturated rings. The van der Waals surface area contributed by atoms with E-state index in [0.29, 0.717) is 0 Å². The van der Waals surface area contributed by atoms with Crippen molar-refractivity contribution in [2.45, 2.75) is 57.5 Å². The topological polar surface area (TPSA) is 77.1 Å².